The van der Waals surface area contributed by atoms with E-state index < -0.39 is 0 Å². The summed E-state index contributed by atoms with van der Waals surface area (Å²) in [6, 6.07) is 81.1. The summed E-state index contributed by atoms with van der Waals surface area (Å²) in [6.07, 6.45) is 1.61. The van der Waals surface area contributed by atoms with Gasteiger partial charge >= 0.3 is 0 Å². The quantitative estimate of drug-likeness (QED) is 0.137. The molecule has 0 spiro atoms. The van der Waals surface area contributed by atoms with E-state index in [4.69, 9.17) is 17.7 Å². The van der Waals surface area contributed by atoms with E-state index in [2.05, 4.69) is 261 Å². The van der Waals surface area contributed by atoms with Gasteiger partial charge in [0.05, 0.1) is 0 Å². The average molecular weight is 1060 g/mol. The van der Waals surface area contributed by atoms with Crippen molar-refractivity contribution >= 4 is 87.8 Å². The molecule has 4 aromatic heterocycles. The van der Waals surface area contributed by atoms with Gasteiger partial charge in [-0.3, -0.25) is 0 Å². The molecule has 0 atom stereocenters. The summed E-state index contributed by atoms with van der Waals surface area (Å²) in [5.41, 5.74) is 22.2. The van der Waals surface area contributed by atoms with E-state index in [1.165, 1.54) is 61.2 Å². The summed E-state index contributed by atoms with van der Waals surface area (Å²) in [6.45, 7) is 16.6. The Morgan fingerprint density at radius 1 is 0.268 bits per heavy atom. The van der Waals surface area contributed by atoms with Crippen LogP contribution in [0.15, 0.2) is 242 Å². The van der Waals surface area contributed by atoms with Crippen LogP contribution < -0.4 is 0 Å². The van der Waals surface area contributed by atoms with E-state index in [9.17, 15) is 0 Å². The zero-order chi connectivity index (χ0) is 55.6. The molecule has 4 nitrogen and oxygen atoms in total. The van der Waals surface area contributed by atoms with Crippen LogP contribution >= 0.6 is 0 Å². The van der Waals surface area contributed by atoms with Crippen molar-refractivity contribution in [2.75, 3.05) is 0 Å². The van der Waals surface area contributed by atoms with Crippen molar-refractivity contribution in [1.82, 2.24) is 0 Å². The van der Waals surface area contributed by atoms with E-state index in [1.54, 1.807) is 0 Å². The first kappa shape index (κ1) is 49.6. The summed E-state index contributed by atoms with van der Waals surface area (Å²) in [5, 5.41) is 9.06. The van der Waals surface area contributed by atoms with Crippen molar-refractivity contribution in [3.63, 3.8) is 0 Å². The summed E-state index contributed by atoms with van der Waals surface area (Å²) >= 11 is 0. The molecule has 15 aromatic rings. The minimum Gasteiger partial charge on any atom is -0.456 e. The molecule has 4 heteroatoms. The minimum absolute atomic E-state index is 0.212. The van der Waals surface area contributed by atoms with Crippen molar-refractivity contribution in [1.29, 1.82) is 0 Å². The highest BCUT2D eigenvalue weighted by Gasteiger charge is 2.32. The largest absolute Gasteiger partial charge is 0.456 e. The topological polar surface area (TPSA) is 52.6 Å². The highest BCUT2D eigenvalue weighted by atomic mass is 16.3. The van der Waals surface area contributed by atoms with E-state index >= 15 is 0 Å². The molecule has 0 bridgehead atoms. The maximum absolute atomic E-state index is 6.86. The van der Waals surface area contributed by atoms with Crippen LogP contribution in [0.4, 0.5) is 0 Å². The van der Waals surface area contributed by atoms with Crippen LogP contribution in [0.1, 0.15) is 76.3 Å². The first-order chi connectivity index (χ1) is 39.8. The third kappa shape index (κ3) is 8.02. The Bertz CT molecular complexity index is 5040. The molecule has 0 aliphatic carbocycles. The van der Waals surface area contributed by atoms with Crippen LogP contribution in [-0.4, -0.2) is 0 Å². The molecule has 0 saturated carbocycles. The molecule has 0 aliphatic rings. The van der Waals surface area contributed by atoms with Crippen molar-refractivity contribution in [2.45, 2.75) is 77.6 Å². The molecule has 0 amide bonds. The van der Waals surface area contributed by atoms with Crippen molar-refractivity contribution < 1.29 is 17.7 Å². The van der Waals surface area contributed by atoms with E-state index in [0.717, 1.165) is 112 Å². The first-order valence-electron chi connectivity index (χ1n) is 28.8. The summed E-state index contributed by atoms with van der Waals surface area (Å²) < 4.78 is 26.5. The van der Waals surface area contributed by atoms with Crippen LogP contribution in [-0.2, 0) is 29.1 Å². The molecule has 398 valence electrons. The Morgan fingerprint density at radius 2 is 0.659 bits per heavy atom. The second-order valence-electron chi connectivity index (χ2n) is 25.0. The van der Waals surface area contributed by atoms with E-state index in [1.807, 2.05) is 12.1 Å². The number of hydrogen-bond donors (Lipinski definition) is 0. The fourth-order valence-corrected chi connectivity index (χ4v) is 14.0. The lowest BCUT2D eigenvalue weighted by Crippen LogP contribution is -2.23. The Hall–Kier alpha value is -9.38. The molecular weight excluding hydrogens is 1000 g/mol. The normalized spacial score (nSPS) is 12.7. The predicted octanol–water partition coefficient (Wildman–Crippen LogP) is 22.3. The average Bonchev–Trinajstić information content (AvgIpc) is 4.34. The van der Waals surface area contributed by atoms with Gasteiger partial charge in [0.2, 0.25) is 0 Å². The molecular formula is C78H62O4. The van der Waals surface area contributed by atoms with Gasteiger partial charge in [-0.05, 0) is 144 Å². The second-order valence-corrected chi connectivity index (χ2v) is 25.0. The zero-order valence-electron chi connectivity index (χ0n) is 47.4. The van der Waals surface area contributed by atoms with Gasteiger partial charge in [-0.15, -0.1) is 0 Å². The third-order valence-electron chi connectivity index (χ3n) is 17.5. The minimum atomic E-state index is -0.321. The van der Waals surface area contributed by atoms with Gasteiger partial charge in [0.25, 0.3) is 0 Å². The second kappa shape index (κ2) is 18.6. The molecule has 0 saturated heterocycles. The molecule has 0 unspecified atom stereocenters. The molecule has 82 heavy (non-hydrogen) atoms. The Labute approximate surface area is 477 Å². The number of furan rings is 4. The molecule has 0 fully saturated rings. The van der Waals surface area contributed by atoms with Crippen molar-refractivity contribution in [3.05, 3.63) is 252 Å². The van der Waals surface area contributed by atoms with Gasteiger partial charge < -0.3 is 17.7 Å². The lowest BCUT2D eigenvalue weighted by atomic mass is 9.73. The number of fused-ring (bicyclic) bond motifs is 12. The van der Waals surface area contributed by atoms with Crippen LogP contribution in [0.25, 0.3) is 132 Å². The maximum Gasteiger partial charge on any atom is 0.143 e. The van der Waals surface area contributed by atoms with Crippen LogP contribution in [0.2, 0.25) is 0 Å². The number of hydrogen-bond acceptors (Lipinski definition) is 4. The van der Waals surface area contributed by atoms with Crippen LogP contribution in [0.3, 0.4) is 0 Å². The van der Waals surface area contributed by atoms with Crippen LogP contribution in [0, 0.1) is 0 Å². The standard InChI is InChI=1S/C78H62O4/c1-76(2,3)74-54(52-26-19-37-69-72(52)59-24-11-15-35-66(59)80-69)28-16-29-55(74)53-27-20-38-70-73(53)61-44-48(40-42-67(61)81-70)46-78(6,7)63-41-39-47(43-60(63)57-31-17-30-56-50-22-9-13-33-64(50)82-75(56)57)45-77(4,5)62-32-12-8-21-49(62)51-25-18-36-68-71(51)58-23-10-14-34-65(58)79-68/h8-44H,45-46H2,1-7H3. The summed E-state index contributed by atoms with van der Waals surface area (Å²) in [5.74, 6) is 0. The highest BCUT2D eigenvalue weighted by Crippen LogP contribution is 2.49. The van der Waals surface area contributed by atoms with Gasteiger partial charge in [0.15, 0.2) is 0 Å². The smallest absolute Gasteiger partial charge is 0.143 e. The van der Waals surface area contributed by atoms with Crippen molar-refractivity contribution in [3.8, 4) is 44.5 Å². The third-order valence-corrected chi connectivity index (χ3v) is 17.5. The maximum atomic E-state index is 6.86. The molecule has 11 aromatic carbocycles. The lowest BCUT2D eigenvalue weighted by Gasteiger charge is -2.31. The predicted molar refractivity (Wildman–Crippen MR) is 342 cm³/mol. The van der Waals surface area contributed by atoms with Gasteiger partial charge in [-0.25, -0.2) is 0 Å². The van der Waals surface area contributed by atoms with Gasteiger partial charge in [-0.1, -0.05) is 224 Å². The van der Waals surface area contributed by atoms with Gasteiger partial charge in [-0.2, -0.15) is 0 Å². The summed E-state index contributed by atoms with van der Waals surface area (Å²) in [4.78, 5) is 0. The Morgan fingerprint density at radius 3 is 1.26 bits per heavy atom. The van der Waals surface area contributed by atoms with E-state index in [-0.39, 0.29) is 16.2 Å². The number of para-hydroxylation sites is 4. The molecule has 15 rings (SSSR count). The molecule has 4 heterocycles. The monoisotopic (exact) mass is 1060 g/mol. The van der Waals surface area contributed by atoms with Crippen molar-refractivity contribution in [2.24, 2.45) is 0 Å². The number of benzene rings is 11. The fraction of sp³-hybridized carbons (Fsp3) is 0.154. The van der Waals surface area contributed by atoms with E-state index in [0.29, 0.717) is 0 Å². The van der Waals surface area contributed by atoms with Gasteiger partial charge in [0.1, 0.15) is 44.7 Å². The Balaban J connectivity index is 0.842. The first-order valence-corrected chi connectivity index (χ1v) is 28.8. The SMILES string of the molecule is CC(C)(C)c1c(-c2cccc3oc4ccccc4c23)cccc1-c1cccc2oc3ccc(CC(C)(C)c4ccc(CC(C)(C)c5ccccc5-c5cccc6oc7ccccc7c56)cc4-c4cccc5c4oc4ccccc45)cc3c12. The fourth-order valence-electron chi connectivity index (χ4n) is 14.0. The molecule has 0 radical (unpaired) electrons. The zero-order valence-corrected chi connectivity index (χ0v) is 47.4. The number of rotatable bonds is 10. The molecule has 0 aliphatic heterocycles. The summed E-state index contributed by atoms with van der Waals surface area (Å²) in [7, 11) is 0. The Kier molecular flexibility index (Phi) is 11.3. The highest BCUT2D eigenvalue weighted by molar-refractivity contribution is 6.16. The lowest BCUT2D eigenvalue weighted by molar-refractivity contribution is 0.517. The van der Waals surface area contributed by atoms with Crippen LogP contribution in [0.5, 0.6) is 0 Å². The van der Waals surface area contributed by atoms with Gasteiger partial charge in [0, 0.05) is 48.7 Å². The molecule has 0 N–H and O–H groups in total.